The summed E-state index contributed by atoms with van der Waals surface area (Å²) < 4.78 is 16.0. The van der Waals surface area contributed by atoms with E-state index in [1.54, 1.807) is 12.1 Å². The number of aliphatic hydroxyl groups excluding tert-OH is 1. The molecule has 0 aliphatic carbocycles. The van der Waals surface area contributed by atoms with Gasteiger partial charge in [0.15, 0.2) is 17.6 Å². The molecule has 0 fully saturated rings. The summed E-state index contributed by atoms with van der Waals surface area (Å²) in [7, 11) is 1.25. The lowest BCUT2D eigenvalue weighted by molar-refractivity contribution is -0.150. The molecule has 5 heteroatoms. The second-order valence-corrected chi connectivity index (χ2v) is 5.03. The standard InChI is InChI=1S/C15H20O5/c1-9(2)12-10(13(16)15(17)18-3)5-6-11-14(12)20-8-4-7-19-11/h5-6,9,13,16H,4,7-8H2,1-3H3. The molecule has 0 saturated carbocycles. The molecule has 20 heavy (non-hydrogen) atoms. The smallest absolute Gasteiger partial charge is 0.339 e. The first-order chi connectivity index (χ1) is 9.56. The van der Waals surface area contributed by atoms with E-state index < -0.39 is 12.1 Å². The fourth-order valence-corrected chi connectivity index (χ4v) is 2.35. The zero-order valence-electron chi connectivity index (χ0n) is 12.0. The molecule has 0 amide bonds. The Morgan fingerprint density at radius 2 is 2.00 bits per heavy atom. The van der Waals surface area contributed by atoms with E-state index in [0.29, 0.717) is 30.3 Å². The molecule has 1 aliphatic heterocycles. The fraction of sp³-hybridized carbons (Fsp3) is 0.533. The normalized spacial score (nSPS) is 15.7. The van der Waals surface area contributed by atoms with Crippen LogP contribution in [0.25, 0.3) is 0 Å². The van der Waals surface area contributed by atoms with E-state index >= 15 is 0 Å². The molecular formula is C15H20O5. The third-order valence-electron chi connectivity index (χ3n) is 3.28. The fourth-order valence-electron chi connectivity index (χ4n) is 2.35. The molecule has 0 saturated heterocycles. The van der Waals surface area contributed by atoms with Gasteiger partial charge < -0.3 is 19.3 Å². The highest BCUT2D eigenvalue weighted by atomic mass is 16.5. The van der Waals surface area contributed by atoms with Gasteiger partial charge in [0.05, 0.1) is 20.3 Å². The predicted molar refractivity (Wildman–Crippen MR) is 73.1 cm³/mol. The molecule has 0 spiro atoms. The first kappa shape index (κ1) is 14.7. The maximum atomic E-state index is 11.6. The van der Waals surface area contributed by atoms with Gasteiger partial charge in [-0.3, -0.25) is 0 Å². The van der Waals surface area contributed by atoms with Crippen molar-refractivity contribution >= 4 is 5.97 Å². The van der Waals surface area contributed by atoms with Crippen LogP contribution in [0.2, 0.25) is 0 Å². The van der Waals surface area contributed by atoms with Crippen LogP contribution in [0.5, 0.6) is 11.5 Å². The Balaban J connectivity index is 2.52. The van der Waals surface area contributed by atoms with E-state index in [0.717, 1.165) is 12.0 Å². The molecule has 0 radical (unpaired) electrons. The number of hydrogen-bond donors (Lipinski definition) is 1. The average Bonchev–Trinajstić information content (AvgIpc) is 2.69. The van der Waals surface area contributed by atoms with Crippen molar-refractivity contribution in [3.05, 3.63) is 23.3 Å². The molecule has 1 aliphatic rings. The van der Waals surface area contributed by atoms with Gasteiger partial charge in [-0.1, -0.05) is 19.9 Å². The summed E-state index contributed by atoms with van der Waals surface area (Å²) in [6.45, 7) is 5.13. The minimum absolute atomic E-state index is 0.0842. The van der Waals surface area contributed by atoms with Crippen molar-refractivity contribution in [3.63, 3.8) is 0 Å². The number of esters is 1. The van der Waals surface area contributed by atoms with E-state index in [2.05, 4.69) is 4.74 Å². The van der Waals surface area contributed by atoms with Crippen LogP contribution < -0.4 is 9.47 Å². The maximum absolute atomic E-state index is 11.6. The third kappa shape index (κ3) is 2.72. The SMILES string of the molecule is COC(=O)C(O)c1ccc2c(c1C(C)C)OCCCO2. The zero-order valence-corrected chi connectivity index (χ0v) is 12.0. The van der Waals surface area contributed by atoms with E-state index in [4.69, 9.17) is 9.47 Å². The van der Waals surface area contributed by atoms with Gasteiger partial charge in [-0.15, -0.1) is 0 Å². The summed E-state index contributed by atoms with van der Waals surface area (Å²) in [4.78, 5) is 11.6. The van der Waals surface area contributed by atoms with E-state index in [1.165, 1.54) is 7.11 Å². The molecule has 2 rings (SSSR count). The lowest BCUT2D eigenvalue weighted by Gasteiger charge is -2.21. The van der Waals surface area contributed by atoms with Crippen LogP contribution >= 0.6 is 0 Å². The van der Waals surface area contributed by atoms with Gasteiger partial charge in [0, 0.05) is 12.0 Å². The molecule has 0 bridgehead atoms. The summed E-state index contributed by atoms with van der Waals surface area (Å²) in [5.74, 6) is 0.687. The van der Waals surface area contributed by atoms with Crippen molar-refractivity contribution in [2.24, 2.45) is 0 Å². The molecule has 1 N–H and O–H groups in total. The van der Waals surface area contributed by atoms with E-state index in [-0.39, 0.29) is 5.92 Å². The van der Waals surface area contributed by atoms with Crippen LogP contribution in [0.1, 0.15) is 43.4 Å². The second kappa shape index (κ2) is 6.13. The number of carbonyl (C=O) groups is 1. The lowest BCUT2D eigenvalue weighted by atomic mass is 9.92. The van der Waals surface area contributed by atoms with E-state index in [9.17, 15) is 9.90 Å². The number of carbonyl (C=O) groups excluding carboxylic acids is 1. The molecule has 1 aromatic rings. The number of rotatable bonds is 3. The number of aliphatic hydroxyl groups is 1. The Morgan fingerprint density at radius 1 is 1.30 bits per heavy atom. The summed E-state index contributed by atoms with van der Waals surface area (Å²) in [5, 5.41) is 10.1. The molecule has 1 aromatic carbocycles. The molecule has 1 atom stereocenters. The largest absolute Gasteiger partial charge is 0.490 e. The highest BCUT2D eigenvalue weighted by molar-refractivity contribution is 5.77. The Labute approximate surface area is 118 Å². The van der Waals surface area contributed by atoms with Gasteiger partial charge in [0.1, 0.15) is 0 Å². The Hall–Kier alpha value is -1.75. The number of methoxy groups -OCH3 is 1. The topological polar surface area (TPSA) is 65.0 Å². The first-order valence-corrected chi connectivity index (χ1v) is 6.74. The van der Waals surface area contributed by atoms with Crippen LogP contribution in [0.4, 0.5) is 0 Å². The zero-order chi connectivity index (χ0) is 14.7. The highest BCUT2D eigenvalue weighted by Gasteiger charge is 2.27. The quantitative estimate of drug-likeness (QED) is 0.860. The molecule has 5 nitrogen and oxygen atoms in total. The number of benzene rings is 1. The van der Waals surface area contributed by atoms with Crippen molar-refractivity contribution in [3.8, 4) is 11.5 Å². The third-order valence-corrected chi connectivity index (χ3v) is 3.28. The lowest BCUT2D eigenvalue weighted by Crippen LogP contribution is -2.16. The van der Waals surface area contributed by atoms with Gasteiger partial charge in [-0.25, -0.2) is 4.79 Å². The molecule has 110 valence electrons. The summed E-state index contributed by atoms with van der Waals surface area (Å²) in [6.07, 6.45) is -0.504. The molecule has 0 aromatic heterocycles. The minimum atomic E-state index is -1.31. The van der Waals surface area contributed by atoms with Crippen LogP contribution in [0, 0.1) is 0 Å². The first-order valence-electron chi connectivity index (χ1n) is 6.74. The maximum Gasteiger partial charge on any atom is 0.339 e. The Kier molecular flexibility index (Phi) is 4.49. The van der Waals surface area contributed by atoms with Gasteiger partial charge >= 0.3 is 5.97 Å². The minimum Gasteiger partial charge on any atom is -0.490 e. The second-order valence-electron chi connectivity index (χ2n) is 5.03. The molecule has 1 heterocycles. The van der Waals surface area contributed by atoms with Crippen LogP contribution in [-0.4, -0.2) is 31.4 Å². The summed E-state index contributed by atoms with van der Waals surface area (Å²) >= 11 is 0. The van der Waals surface area contributed by atoms with Crippen molar-refractivity contribution in [2.75, 3.05) is 20.3 Å². The predicted octanol–water partition coefficient (Wildman–Crippen LogP) is 2.18. The summed E-state index contributed by atoms with van der Waals surface area (Å²) in [6, 6.07) is 3.43. The van der Waals surface area contributed by atoms with Crippen LogP contribution in [-0.2, 0) is 9.53 Å². The van der Waals surface area contributed by atoms with Gasteiger partial charge in [0.2, 0.25) is 0 Å². The van der Waals surface area contributed by atoms with Gasteiger partial charge in [0.25, 0.3) is 0 Å². The number of fused-ring (bicyclic) bond motifs is 1. The Morgan fingerprint density at radius 3 is 2.65 bits per heavy atom. The Bertz CT molecular complexity index is 495. The van der Waals surface area contributed by atoms with Crippen LogP contribution in [0.15, 0.2) is 12.1 Å². The average molecular weight is 280 g/mol. The van der Waals surface area contributed by atoms with Crippen molar-refractivity contribution in [1.29, 1.82) is 0 Å². The van der Waals surface area contributed by atoms with Gasteiger partial charge in [-0.05, 0) is 17.5 Å². The van der Waals surface area contributed by atoms with Crippen molar-refractivity contribution in [1.82, 2.24) is 0 Å². The number of ether oxygens (including phenoxy) is 3. The van der Waals surface area contributed by atoms with Crippen LogP contribution in [0.3, 0.4) is 0 Å². The van der Waals surface area contributed by atoms with Crippen molar-refractivity contribution in [2.45, 2.75) is 32.3 Å². The monoisotopic (exact) mass is 280 g/mol. The highest BCUT2D eigenvalue weighted by Crippen LogP contribution is 2.41. The van der Waals surface area contributed by atoms with E-state index in [1.807, 2.05) is 13.8 Å². The summed E-state index contributed by atoms with van der Waals surface area (Å²) in [5.41, 5.74) is 1.30. The van der Waals surface area contributed by atoms with Gasteiger partial charge in [-0.2, -0.15) is 0 Å². The molecular weight excluding hydrogens is 260 g/mol. The number of hydrogen-bond acceptors (Lipinski definition) is 5. The van der Waals surface area contributed by atoms with Crippen molar-refractivity contribution < 1.29 is 24.1 Å². The molecule has 1 unspecified atom stereocenters.